The van der Waals surface area contributed by atoms with Gasteiger partial charge >= 0.3 is 5.97 Å². The molecule has 118 valence electrons. The maximum absolute atomic E-state index is 12.1. The van der Waals surface area contributed by atoms with Crippen LogP contribution in [0.4, 0.5) is 0 Å². The number of hydrogen-bond acceptors (Lipinski definition) is 4. The zero-order chi connectivity index (χ0) is 15.4. The van der Waals surface area contributed by atoms with Crippen LogP contribution in [0.25, 0.3) is 0 Å². The molecule has 0 radical (unpaired) electrons. The number of aliphatic hydroxyl groups is 1. The molecule has 1 N–H and O–H groups in total. The molecule has 1 aliphatic rings. The summed E-state index contributed by atoms with van der Waals surface area (Å²) in [5.74, 6) is 0.504. The van der Waals surface area contributed by atoms with Gasteiger partial charge in [0.25, 0.3) is 0 Å². The lowest BCUT2D eigenvalue weighted by Crippen LogP contribution is -2.42. The van der Waals surface area contributed by atoms with E-state index in [-0.39, 0.29) is 12.6 Å². The van der Waals surface area contributed by atoms with Gasteiger partial charge < -0.3 is 14.6 Å². The molecule has 0 aromatic carbocycles. The monoisotopic (exact) mass is 286 g/mol. The highest BCUT2D eigenvalue weighted by Gasteiger charge is 2.34. The molecule has 20 heavy (non-hydrogen) atoms. The summed E-state index contributed by atoms with van der Waals surface area (Å²) in [4.78, 5) is 12.1. The standard InChI is InChI=1S/C16H30O4/c1-15(2,3)20-14(18)16(4,5)19-11-13-8-6-7-12(9-13)10-17/h12-13,17H,6-11H2,1-5H3/t12-,13?/m0/s1. The van der Waals surface area contributed by atoms with Crippen LogP contribution in [0.2, 0.25) is 0 Å². The zero-order valence-electron chi connectivity index (χ0n) is 13.6. The van der Waals surface area contributed by atoms with E-state index < -0.39 is 11.2 Å². The third-order valence-corrected chi connectivity index (χ3v) is 3.72. The largest absolute Gasteiger partial charge is 0.458 e. The van der Waals surface area contributed by atoms with Crippen molar-refractivity contribution in [3.63, 3.8) is 0 Å². The summed E-state index contributed by atoms with van der Waals surface area (Å²) in [6, 6.07) is 0. The van der Waals surface area contributed by atoms with Gasteiger partial charge in [-0.05, 0) is 65.7 Å². The van der Waals surface area contributed by atoms with Crippen LogP contribution < -0.4 is 0 Å². The van der Waals surface area contributed by atoms with Gasteiger partial charge in [-0.3, -0.25) is 0 Å². The Bertz CT molecular complexity index is 317. The zero-order valence-corrected chi connectivity index (χ0v) is 13.6. The predicted molar refractivity (Wildman–Crippen MR) is 78.4 cm³/mol. The van der Waals surface area contributed by atoms with Crippen molar-refractivity contribution in [2.45, 2.75) is 71.5 Å². The molecule has 0 spiro atoms. The van der Waals surface area contributed by atoms with Crippen molar-refractivity contribution < 1.29 is 19.4 Å². The molecule has 0 aromatic rings. The lowest BCUT2D eigenvalue weighted by molar-refractivity contribution is -0.181. The van der Waals surface area contributed by atoms with Gasteiger partial charge in [-0.1, -0.05) is 6.42 Å². The van der Waals surface area contributed by atoms with E-state index >= 15 is 0 Å². The topological polar surface area (TPSA) is 55.8 Å². The van der Waals surface area contributed by atoms with E-state index in [1.54, 1.807) is 13.8 Å². The molecule has 0 saturated heterocycles. The van der Waals surface area contributed by atoms with Crippen LogP contribution in [-0.4, -0.2) is 35.5 Å². The molecule has 2 atom stereocenters. The number of carbonyl (C=O) groups is 1. The number of rotatable bonds is 5. The molecular weight excluding hydrogens is 256 g/mol. The van der Waals surface area contributed by atoms with Crippen LogP contribution >= 0.6 is 0 Å². The third kappa shape index (κ3) is 5.80. The van der Waals surface area contributed by atoms with Gasteiger partial charge in [0.1, 0.15) is 5.60 Å². The molecule has 1 saturated carbocycles. The van der Waals surface area contributed by atoms with Crippen LogP contribution in [0.3, 0.4) is 0 Å². The van der Waals surface area contributed by atoms with Crippen molar-refractivity contribution in [3.8, 4) is 0 Å². The molecule has 1 fully saturated rings. The van der Waals surface area contributed by atoms with Crippen molar-refractivity contribution >= 4 is 5.97 Å². The third-order valence-electron chi connectivity index (χ3n) is 3.72. The molecule has 0 amide bonds. The minimum atomic E-state index is -0.917. The highest BCUT2D eigenvalue weighted by Crippen LogP contribution is 2.30. The smallest absolute Gasteiger partial charge is 0.338 e. The fraction of sp³-hybridized carbons (Fsp3) is 0.938. The number of carbonyl (C=O) groups excluding carboxylic acids is 1. The molecule has 1 rings (SSSR count). The Morgan fingerprint density at radius 1 is 1.15 bits per heavy atom. The maximum Gasteiger partial charge on any atom is 0.338 e. The summed E-state index contributed by atoms with van der Waals surface area (Å²) >= 11 is 0. The summed E-state index contributed by atoms with van der Waals surface area (Å²) < 4.78 is 11.2. The number of esters is 1. The second kappa shape index (κ2) is 6.90. The summed E-state index contributed by atoms with van der Waals surface area (Å²) in [6.45, 7) is 9.89. The van der Waals surface area contributed by atoms with E-state index in [1.165, 1.54) is 0 Å². The van der Waals surface area contributed by atoms with Crippen molar-refractivity contribution in [1.82, 2.24) is 0 Å². The highest BCUT2D eigenvalue weighted by molar-refractivity contribution is 5.78. The average Bonchev–Trinajstić information content (AvgIpc) is 2.35. The van der Waals surface area contributed by atoms with E-state index in [0.29, 0.717) is 18.4 Å². The Morgan fingerprint density at radius 3 is 2.30 bits per heavy atom. The van der Waals surface area contributed by atoms with E-state index in [4.69, 9.17) is 9.47 Å². The first kappa shape index (κ1) is 17.4. The molecule has 0 aromatic heterocycles. The fourth-order valence-corrected chi connectivity index (χ4v) is 2.51. The highest BCUT2D eigenvalue weighted by atomic mass is 16.6. The summed E-state index contributed by atoms with van der Waals surface area (Å²) in [6.07, 6.45) is 4.33. The number of ether oxygens (including phenoxy) is 2. The molecule has 1 aliphatic carbocycles. The van der Waals surface area contributed by atoms with Crippen LogP contribution in [-0.2, 0) is 14.3 Å². The quantitative estimate of drug-likeness (QED) is 0.790. The Morgan fingerprint density at radius 2 is 1.75 bits per heavy atom. The molecule has 1 unspecified atom stereocenters. The second-order valence-electron chi connectivity index (χ2n) is 7.40. The first-order valence-electron chi connectivity index (χ1n) is 7.62. The second-order valence-corrected chi connectivity index (χ2v) is 7.40. The maximum atomic E-state index is 12.1. The van der Waals surface area contributed by atoms with Gasteiger partial charge in [0.15, 0.2) is 5.60 Å². The van der Waals surface area contributed by atoms with Crippen molar-refractivity contribution in [1.29, 1.82) is 0 Å². The first-order valence-corrected chi connectivity index (χ1v) is 7.62. The van der Waals surface area contributed by atoms with Crippen molar-refractivity contribution in [3.05, 3.63) is 0 Å². The van der Waals surface area contributed by atoms with E-state index in [1.807, 2.05) is 20.8 Å². The molecule has 4 heteroatoms. The van der Waals surface area contributed by atoms with Crippen LogP contribution in [0.5, 0.6) is 0 Å². The van der Waals surface area contributed by atoms with E-state index in [9.17, 15) is 9.90 Å². The Labute approximate surface area is 122 Å². The number of hydrogen-bond donors (Lipinski definition) is 1. The van der Waals surface area contributed by atoms with Crippen molar-refractivity contribution in [2.75, 3.05) is 13.2 Å². The Balaban J connectivity index is 2.44. The van der Waals surface area contributed by atoms with E-state index in [0.717, 1.165) is 25.7 Å². The minimum Gasteiger partial charge on any atom is -0.458 e. The minimum absolute atomic E-state index is 0.256. The van der Waals surface area contributed by atoms with Crippen LogP contribution in [0.1, 0.15) is 60.3 Å². The molecule has 0 aliphatic heterocycles. The Hall–Kier alpha value is -0.610. The van der Waals surface area contributed by atoms with Gasteiger partial charge in [0, 0.05) is 6.61 Å². The number of aliphatic hydroxyl groups excluding tert-OH is 1. The summed E-state index contributed by atoms with van der Waals surface area (Å²) in [5, 5.41) is 9.24. The lowest BCUT2D eigenvalue weighted by atomic mass is 9.82. The van der Waals surface area contributed by atoms with Crippen LogP contribution in [0, 0.1) is 11.8 Å². The first-order chi connectivity index (χ1) is 9.14. The molecule has 4 nitrogen and oxygen atoms in total. The average molecular weight is 286 g/mol. The van der Waals surface area contributed by atoms with Crippen LogP contribution in [0.15, 0.2) is 0 Å². The normalized spacial score (nSPS) is 24.5. The Kier molecular flexibility index (Phi) is 6.02. The molecular formula is C16H30O4. The van der Waals surface area contributed by atoms with Gasteiger partial charge in [-0.2, -0.15) is 0 Å². The summed E-state index contributed by atoms with van der Waals surface area (Å²) in [7, 11) is 0. The van der Waals surface area contributed by atoms with E-state index in [2.05, 4.69) is 0 Å². The van der Waals surface area contributed by atoms with Gasteiger partial charge in [0.2, 0.25) is 0 Å². The molecule has 0 heterocycles. The lowest BCUT2D eigenvalue weighted by Gasteiger charge is -2.32. The predicted octanol–water partition coefficient (Wildman–Crippen LogP) is 2.92. The van der Waals surface area contributed by atoms with Gasteiger partial charge in [-0.25, -0.2) is 4.79 Å². The summed E-state index contributed by atoms with van der Waals surface area (Å²) in [5.41, 5.74) is -1.41. The van der Waals surface area contributed by atoms with Crippen molar-refractivity contribution in [2.24, 2.45) is 11.8 Å². The van der Waals surface area contributed by atoms with Gasteiger partial charge in [0.05, 0.1) is 6.61 Å². The fourth-order valence-electron chi connectivity index (χ4n) is 2.51. The molecule has 0 bridgehead atoms. The van der Waals surface area contributed by atoms with Gasteiger partial charge in [-0.15, -0.1) is 0 Å². The SMILES string of the molecule is CC(C)(C)OC(=O)C(C)(C)OCC1CCC[C@H](CO)C1.